The molecule has 2 aromatic heterocycles. The van der Waals surface area contributed by atoms with Crippen LogP contribution >= 0.6 is 11.6 Å². The molecule has 0 saturated heterocycles. The fourth-order valence-electron chi connectivity index (χ4n) is 3.17. The van der Waals surface area contributed by atoms with Gasteiger partial charge in [-0.05, 0) is 54.6 Å². The van der Waals surface area contributed by atoms with Crippen LogP contribution in [0, 0.1) is 0 Å². The first-order valence-electron chi connectivity index (χ1n) is 9.64. The molecule has 1 N–H and O–H groups in total. The first-order valence-corrected chi connectivity index (χ1v) is 10.0. The van der Waals surface area contributed by atoms with E-state index in [0.717, 1.165) is 11.9 Å². The fourth-order valence-corrected chi connectivity index (χ4v) is 3.29. The van der Waals surface area contributed by atoms with Gasteiger partial charge in [-0.3, -0.25) is 4.79 Å². The average molecular weight is 476 g/mol. The number of halogens is 4. The summed E-state index contributed by atoms with van der Waals surface area (Å²) < 4.78 is 48.7. The van der Waals surface area contributed by atoms with Gasteiger partial charge in [0, 0.05) is 11.2 Å². The third-order valence-electron chi connectivity index (χ3n) is 4.76. The van der Waals surface area contributed by atoms with Crippen molar-refractivity contribution in [3.05, 3.63) is 89.0 Å². The van der Waals surface area contributed by atoms with Crippen LogP contribution in [-0.4, -0.2) is 32.6 Å². The lowest BCUT2D eigenvalue weighted by Gasteiger charge is -2.12. The van der Waals surface area contributed by atoms with E-state index in [1.807, 2.05) is 0 Å². The number of ether oxygens (including phenoxy) is 1. The van der Waals surface area contributed by atoms with E-state index >= 15 is 0 Å². The SMILES string of the molecule is COc1ccc(-n2ccc(CNC(=O)c3cnn(-c4ccc(Cl)cc4)c3C(F)(F)F)n2)cc1. The molecule has 0 aliphatic carbocycles. The summed E-state index contributed by atoms with van der Waals surface area (Å²) in [6, 6.07) is 14.5. The Labute approximate surface area is 191 Å². The molecule has 0 aliphatic rings. The molecule has 7 nitrogen and oxygen atoms in total. The number of aromatic nitrogens is 4. The van der Waals surface area contributed by atoms with Crippen LogP contribution in [0.5, 0.6) is 5.75 Å². The van der Waals surface area contributed by atoms with E-state index < -0.39 is 23.3 Å². The van der Waals surface area contributed by atoms with Crippen molar-refractivity contribution in [3.63, 3.8) is 0 Å². The van der Waals surface area contributed by atoms with E-state index in [0.29, 0.717) is 21.1 Å². The summed E-state index contributed by atoms with van der Waals surface area (Å²) in [4.78, 5) is 12.6. The third-order valence-corrected chi connectivity index (χ3v) is 5.02. The predicted molar refractivity (Wildman–Crippen MR) is 115 cm³/mol. The van der Waals surface area contributed by atoms with Gasteiger partial charge in [0.05, 0.1) is 42.5 Å². The Bertz CT molecular complexity index is 1260. The Balaban J connectivity index is 1.52. The molecule has 33 heavy (non-hydrogen) atoms. The second kappa shape index (κ2) is 8.99. The molecule has 2 aromatic carbocycles. The summed E-state index contributed by atoms with van der Waals surface area (Å²) in [5, 5.41) is 11.0. The van der Waals surface area contributed by atoms with Crippen LogP contribution in [0.15, 0.2) is 67.0 Å². The maximum atomic E-state index is 13.8. The minimum absolute atomic E-state index is 0.0641. The molecule has 0 bridgehead atoms. The summed E-state index contributed by atoms with van der Waals surface area (Å²) in [5.74, 6) is -0.223. The number of benzene rings is 2. The molecule has 0 saturated carbocycles. The van der Waals surface area contributed by atoms with Crippen LogP contribution in [0.4, 0.5) is 13.2 Å². The summed E-state index contributed by atoms with van der Waals surface area (Å²) in [6.45, 7) is -0.0641. The van der Waals surface area contributed by atoms with Gasteiger partial charge < -0.3 is 10.1 Å². The standard InChI is InChI=1S/C22H17ClF3N5O2/c1-33-18-8-6-16(7-9-18)30-11-10-15(29-30)12-27-21(32)19-13-28-31(20(19)22(24,25)26)17-4-2-14(23)3-5-17/h2-11,13H,12H2,1H3,(H,27,32). The van der Waals surface area contributed by atoms with Crippen LogP contribution in [-0.2, 0) is 12.7 Å². The molecule has 0 atom stereocenters. The first kappa shape index (κ1) is 22.4. The maximum Gasteiger partial charge on any atom is 0.434 e. The molecular formula is C22H17ClF3N5O2. The zero-order valence-corrected chi connectivity index (χ0v) is 17.9. The van der Waals surface area contributed by atoms with Gasteiger partial charge in [0.15, 0.2) is 5.69 Å². The summed E-state index contributed by atoms with van der Waals surface area (Å²) >= 11 is 5.81. The van der Waals surface area contributed by atoms with Gasteiger partial charge in [0.2, 0.25) is 0 Å². The molecule has 0 unspecified atom stereocenters. The molecule has 11 heteroatoms. The number of carbonyl (C=O) groups is 1. The number of rotatable bonds is 6. The van der Waals surface area contributed by atoms with Crippen molar-refractivity contribution in [2.24, 2.45) is 0 Å². The van der Waals surface area contributed by atoms with Gasteiger partial charge in [-0.2, -0.15) is 23.4 Å². The van der Waals surface area contributed by atoms with Crippen molar-refractivity contribution in [1.82, 2.24) is 24.9 Å². The predicted octanol–water partition coefficient (Wildman–Crippen LogP) is 4.67. The van der Waals surface area contributed by atoms with E-state index in [-0.39, 0.29) is 12.2 Å². The van der Waals surface area contributed by atoms with Crippen molar-refractivity contribution in [2.75, 3.05) is 7.11 Å². The maximum absolute atomic E-state index is 13.8. The number of amides is 1. The van der Waals surface area contributed by atoms with E-state index in [1.54, 1.807) is 48.3 Å². The topological polar surface area (TPSA) is 74.0 Å². The molecule has 4 aromatic rings. The number of alkyl halides is 3. The Morgan fingerprint density at radius 3 is 2.36 bits per heavy atom. The Morgan fingerprint density at radius 1 is 1.06 bits per heavy atom. The van der Waals surface area contributed by atoms with Crippen molar-refractivity contribution in [1.29, 1.82) is 0 Å². The van der Waals surface area contributed by atoms with E-state index in [2.05, 4.69) is 15.5 Å². The van der Waals surface area contributed by atoms with E-state index in [9.17, 15) is 18.0 Å². The number of carbonyl (C=O) groups excluding carboxylic acids is 1. The normalized spacial score (nSPS) is 11.4. The molecule has 0 spiro atoms. The lowest BCUT2D eigenvalue weighted by atomic mass is 10.2. The minimum Gasteiger partial charge on any atom is -0.497 e. The van der Waals surface area contributed by atoms with E-state index in [4.69, 9.17) is 16.3 Å². The minimum atomic E-state index is -4.81. The van der Waals surface area contributed by atoms with Gasteiger partial charge in [-0.15, -0.1) is 0 Å². The van der Waals surface area contributed by atoms with Gasteiger partial charge in [-0.25, -0.2) is 9.36 Å². The third kappa shape index (κ3) is 4.85. The van der Waals surface area contributed by atoms with Crippen molar-refractivity contribution in [2.45, 2.75) is 12.7 Å². The highest BCUT2D eigenvalue weighted by atomic mass is 35.5. The molecule has 0 fully saturated rings. The quantitative estimate of drug-likeness (QED) is 0.440. The largest absolute Gasteiger partial charge is 0.497 e. The average Bonchev–Trinajstić information content (AvgIpc) is 3.46. The van der Waals surface area contributed by atoms with Gasteiger partial charge in [0.1, 0.15) is 5.75 Å². The number of hydrogen-bond acceptors (Lipinski definition) is 4. The molecule has 1 amide bonds. The second-order valence-electron chi connectivity index (χ2n) is 6.93. The van der Waals surface area contributed by atoms with E-state index in [1.165, 1.54) is 24.3 Å². The zero-order valence-electron chi connectivity index (χ0n) is 17.2. The highest BCUT2D eigenvalue weighted by Gasteiger charge is 2.40. The fraction of sp³-hybridized carbons (Fsp3) is 0.136. The van der Waals surface area contributed by atoms with Gasteiger partial charge in [0.25, 0.3) is 5.91 Å². The number of nitrogens with zero attached hydrogens (tertiary/aromatic N) is 4. The van der Waals surface area contributed by atoms with Crippen LogP contribution in [0.3, 0.4) is 0 Å². The van der Waals surface area contributed by atoms with Crippen LogP contribution < -0.4 is 10.1 Å². The lowest BCUT2D eigenvalue weighted by molar-refractivity contribution is -0.143. The second-order valence-corrected chi connectivity index (χ2v) is 7.36. The van der Waals surface area contributed by atoms with Gasteiger partial charge in [-0.1, -0.05) is 11.6 Å². The molecule has 0 radical (unpaired) electrons. The van der Waals surface area contributed by atoms with Crippen LogP contribution in [0.2, 0.25) is 5.02 Å². The highest BCUT2D eigenvalue weighted by molar-refractivity contribution is 6.30. The Morgan fingerprint density at radius 2 is 1.73 bits per heavy atom. The first-order chi connectivity index (χ1) is 15.8. The summed E-state index contributed by atoms with van der Waals surface area (Å²) in [6.07, 6.45) is -2.23. The summed E-state index contributed by atoms with van der Waals surface area (Å²) in [5.41, 5.74) is -0.406. The molecule has 170 valence electrons. The zero-order chi connectivity index (χ0) is 23.6. The van der Waals surface area contributed by atoms with Crippen molar-refractivity contribution >= 4 is 17.5 Å². The number of hydrogen-bond donors (Lipinski definition) is 1. The molecule has 4 rings (SSSR count). The Hall–Kier alpha value is -3.79. The van der Waals surface area contributed by atoms with Crippen molar-refractivity contribution < 1.29 is 22.7 Å². The smallest absolute Gasteiger partial charge is 0.434 e. The molecular weight excluding hydrogens is 459 g/mol. The number of nitrogens with one attached hydrogen (secondary N) is 1. The lowest BCUT2D eigenvalue weighted by Crippen LogP contribution is -2.26. The molecule has 2 heterocycles. The number of methoxy groups -OCH3 is 1. The molecule has 0 aliphatic heterocycles. The van der Waals surface area contributed by atoms with Crippen LogP contribution in [0.25, 0.3) is 11.4 Å². The van der Waals surface area contributed by atoms with Gasteiger partial charge >= 0.3 is 6.18 Å². The van der Waals surface area contributed by atoms with Crippen LogP contribution in [0.1, 0.15) is 21.7 Å². The summed E-state index contributed by atoms with van der Waals surface area (Å²) in [7, 11) is 1.56. The Kier molecular flexibility index (Phi) is 6.10. The monoisotopic (exact) mass is 475 g/mol. The van der Waals surface area contributed by atoms with Crippen molar-refractivity contribution in [3.8, 4) is 17.1 Å². The highest BCUT2D eigenvalue weighted by Crippen LogP contribution is 2.34.